The number of benzene rings is 1. The molecule has 1 heterocycles. The molecule has 0 amide bonds. The Kier molecular flexibility index (Phi) is 3.44. The summed E-state index contributed by atoms with van der Waals surface area (Å²) in [6.45, 7) is 1.97. The summed E-state index contributed by atoms with van der Waals surface area (Å²) in [6, 6.07) is 11.7. The molecule has 4 heteroatoms. The largest absolute Gasteiger partial charge is 0.465 e. The van der Waals surface area contributed by atoms with E-state index in [1.165, 1.54) is 18.4 Å². The normalized spacial score (nSPS) is 10.0. The Morgan fingerprint density at radius 1 is 1.29 bits per heavy atom. The second-order valence-electron chi connectivity index (χ2n) is 3.56. The lowest BCUT2D eigenvalue weighted by Crippen LogP contribution is -1.97. The van der Waals surface area contributed by atoms with E-state index in [-0.39, 0.29) is 5.97 Å². The van der Waals surface area contributed by atoms with Crippen molar-refractivity contribution in [2.75, 3.05) is 12.4 Å². The van der Waals surface area contributed by atoms with Crippen LogP contribution in [0.15, 0.2) is 36.4 Å². The molecule has 88 valence electrons. The van der Waals surface area contributed by atoms with E-state index < -0.39 is 0 Å². The lowest BCUT2D eigenvalue weighted by Gasteiger charge is -2.04. The quantitative estimate of drug-likeness (QED) is 0.842. The number of nitrogens with one attached hydrogen (secondary N) is 1. The molecule has 0 saturated heterocycles. The van der Waals surface area contributed by atoms with Crippen LogP contribution in [0.3, 0.4) is 0 Å². The van der Waals surface area contributed by atoms with E-state index in [9.17, 15) is 4.79 Å². The van der Waals surface area contributed by atoms with Crippen LogP contribution in [-0.2, 0) is 4.74 Å². The van der Waals surface area contributed by atoms with Crippen LogP contribution in [0.4, 0.5) is 11.4 Å². The van der Waals surface area contributed by atoms with Gasteiger partial charge in [0.1, 0.15) is 4.88 Å². The molecule has 0 radical (unpaired) electrons. The van der Waals surface area contributed by atoms with Gasteiger partial charge in [0, 0.05) is 10.6 Å². The number of para-hydroxylation sites is 1. The Hall–Kier alpha value is -1.81. The average Bonchev–Trinajstić information content (AvgIpc) is 2.71. The van der Waals surface area contributed by atoms with Crippen LogP contribution in [0.5, 0.6) is 0 Å². The van der Waals surface area contributed by atoms with Gasteiger partial charge in [0.2, 0.25) is 0 Å². The third kappa shape index (κ3) is 2.65. The molecule has 0 saturated carbocycles. The molecule has 1 aromatic heterocycles. The fourth-order valence-corrected chi connectivity index (χ4v) is 2.38. The summed E-state index contributed by atoms with van der Waals surface area (Å²) in [5.74, 6) is -0.292. The monoisotopic (exact) mass is 247 g/mol. The van der Waals surface area contributed by atoms with E-state index in [2.05, 4.69) is 5.32 Å². The number of thiophene rings is 1. The standard InChI is InChI=1S/C13H13NO2S/c1-9-11(8-12(17-9)13(15)16-2)14-10-6-4-3-5-7-10/h3-8,14H,1-2H3. The van der Waals surface area contributed by atoms with Crippen LogP contribution >= 0.6 is 11.3 Å². The van der Waals surface area contributed by atoms with Crippen LogP contribution in [0.2, 0.25) is 0 Å². The Morgan fingerprint density at radius 2 is 2.00 bits per heavy atom. The van der Waals surface area contributed by atoms with Gasteiger partial charge in [-0.1, -0.05) is 18.2 Å². The molecule has 2 aromatic rings. The molecule has 0 unspecified atom stereocenters. The van der Waals surface area contributed by atoms with E-state index >= 15 is 0 Å². The molecule has 0 spiro atoms. The minimum absolute atomic E-state index is 0.292. The molecule has 0 aliphatic rings. The van der Waals surface area contributed by atoms with Gasteiger partial charge in [0.15, 0.2) is 0 Å². The number of hydrogen-bond donors (Lipinski definition) is 1. The summed E-state index contributed by atoms with van der Waals surface area (Å²) in [7, 11) is 1.39. The molecular formula is C13H13NO2S. The highest BCUT2D eigenvalue weighted by molar-refractivity contribution is 7.14. The highest BCUT2D eigenvalue weighted by atomic mass is 32.1. The number of methoxy groups -OCH3 is 1. The van der Waals surface area contributed by atoms with Gasteiger partial charge >= 0.3 is 5.97 Å². The SMILES string of the molecule is COC(=O)c1cc(Nc2ccccc2)c(C)s1. The topological polar surface area (TPSA) is 38.3 Å². The number of rotatable bonds is 3. The number of ether oxygens (including phenoxy) is 1. The summed E-state index contributed by atoms with van der Waals surface area (Å²) in [4.78, 5) is 13.1. The number of anilines is 2. The van der Waals surface area contributed by atoms with Crippen molar-refractivity contribution in [3.8, 4) is 0 Å². The fourth-order valence-electron chi connectivity index (χ4n) is 1.48. The van der Waals surface area contributed by atoms with Crippen LogP contribution < -0.4 is 5.32 Å². The molecular weight excluding hydrogens is 234 g/mol. The van der Waals surface area contributed by atoms with Crippen molar-refractivity contribution >= 4 is 28.7 Å². The molecule has 2 rings (SSSR count). The molecule has 1 aromatic carbocycles. The van der Waals surface area contributed by atoms with Gasteiger partial charge in [-0.3, -0.25) is 0 Å². The average molecular weight is 247 g/mol. The third-order valence-electron chi connectivity index (χ3n) is 2.36. The van der Waals surface area contributed by atoms with Crippen LogP contribution in [0, 0.1) is 6.92 Å². The van der Waals surface area contributed by atoms with Gasteiger partial charge < -0.3 is 10.1 Å². The zero-order valence-corrected chi connectivity index (χ0v) is 10.5. The second-order valence-corrected chi connectivity index (χ2v) is 4.82. The molecule has 0 aliphatic heterocycles. The van der Waals surface area contributed by atoms with Crippen molar-refractivity contribution in [2.24, 2.45) is 0 Å². The van der Waals surface area contributed by atoms with E-state index in [1.54, 1.807) is 0 Å². The summed E-state index contributed by atoms with van der Waals surface area (Å²) < 4.78 is 4.70. The molecule has 0 fully saturated rings. The smallest absolute Gasteiger partial charge is 0.348 e. The van der Waals surface area contributed by atoms with Crippen molar-refractivity contribution < 1.29 is 9.53 Å². The highest BCUT2D eigenvalue weighted by Gasteiger charge is 2.12. The lowest BCUT2D eigenvalue weighted by atomic mass is 10.3. The number of esters is 1. The van der Waals surface area contributed by atoms with Crippen LogP contribution in [0.25, 0.3) is 0 Å². The third-order valence-corrected chi connectivity index (χ3v) is 3.39. The zero-order valence-electron chi connectivity index (χ0n) is 9.69. The van der Waals surface area contributed by atoms with E-state index in [0.29, 0.717) is 4.88 Å². The maximum absolute atomic E-state index is 11.4. The number of hydrogen-bond acceptors (Lipinski definition) is 4. The summed E-state index contributed by atoms with van der Waals surface area (Å²) in [6.07, 6.45) is 0. The first kappa shape index (κ1) is 11.7. The molecule has 17 heavy (non-hydrogen) atoms. The predicted molar refractivity (Wildman–Crippen MR) is 70.1 cm³/mol. The number of carbonyl (C=O) groups excluding carboxylic acids is 1. The molecule has 1 N–H and O–H groups in total. The molecule has 0 atom stereocenters. The van der Waals surface area contributed by atoms with Crippen molar-refractivity contribution in [2.45, 2.75) is 6.92 Å². The van der Waals surface area contributed by atoms with Gasteiger partial charge in [-0.25, -0.2) is 4.79 Å². The Balaban J connectivity index is 2.22. The summed E-state index contributed by atoms with van der Waals surface area (Å²) in [5.41, 5.74) is 1.95. The molecule has 0 aliphatic carbocycles. The Labute approximate surface area is 104 Å². The number of carbonyl (C=O) groups is 1. The van der Waals surface area contributed by atoms with Crippen molar-refractivity contribution in [3.05, 3.63) is 46.2 Å². The fraction of sp³-hybridized carbons (Fsp3) is 0.154. The molecule has 0 bridgehead atoms. The first-order valence-corrected chi connectivity index (χ1v) is 6.03. The highest BCUT2D eigenvalue weighted by Crippen LogP contribution is 2.29. The van der Waals surface area contributed by atoms with Gasteiger partial charge in [-0.05, 0) is 25.1 Å². The lowest BCUT2D eigenvalue weighted by molar-refractivity contribution is 0.0606. The molecule has 3 nitrogen and oxygen atoms in total. The number of aryl methyl sites for hydroxylation is 1. The second kappa shape index (κ2) is 5.01. The van der Waals surface area contributed by atoms with Crippen molar-refractivity contribution in [1.29, 1.82) is 0 Å². The zero-order chi connectivity index (χ0) is 12.3. The van der Waals surface area contributed by atoms with Crippen molar-refractivity contribution in [3.63, 3.8) is 0 Å². The minimum atomic E-state index is -0.292. The first-order chi connectivity index (χ1) is 8.20. The Bertz CT molecular complexity index is 519. The minimum Gasteiger partial charge on any atom is -0.465 e. The van der Waals surface area contributed by atoms with Gasteiger partial charge in [-0.2, -0.15) is 0 Å². The summed E-state index contributed by atoms with van der Waals surface area (Å²) in [5, 5.41) is 3.27. The van der Waals surface area contributed by atoms with Gasteiger partial charge in [-0.15, -0.1) is 11.3 Å². The van der Waals surface area contributed by atoms with E-state index in [4.69, 9.17) is 4.74 Å². The van der Waals surface area contributed by atoms with Crippen molar-refractivity contribution in [1.82, 2.24) is 0 Å². The van der Waals surface area contributed by atoms with E-state index in [0.717, 1.165) is 16.3 Å². The van der Waals surface area contributed by atoms with Crippen LogP contribution in [0.1, 0.15) is 14.5 Å². The predicted octanol–water partition coefficient (Wildman–Crippen LogP) is 3.59. The van der Waals surface area contributed by atoms with E-state index in [1.807, 2.05) is 43.3 Å². The Morgan fingerprint density at radius 3 is 2.65 bits per heavy atom. The first-order valence-electron chi connectivity index (χ1n) is 5.21. The van der Waals surface area contributed by atoms with Gasteiger partial charge in [0.05, 0.1) is 12.8 Å². The maximum atomic E-state index is 11.4. The summed E-state index contributed by atoms with van der Waals surface area (Å²) >= 11 is 1.43. The van der Waals surface area contributed by atoms with Crippen LogP contribution in [-0.4, -0.2) is 13.1 Å². The maximum Gasteiger partial charge on any atom is 0.348 e. The van der Waals surface area contributed by atoms with Gasteiger partial charge in [0.25, 0.3) is 0 Å².